The van der Waals surface area contributed by atoms with E-state index >= 15 is 0 Å². The van der Waals surface area contributed by atoms with E-state index in [1.807, 2.05) is 29.6 Å². The van der Waals surface area contributed by atoms with E-state index in [0.29, 0.717) is 16.1 Å². The molecule has 2 heterocycles. The lowest BCUT2D eigenvalue weighted by molar-refractivity contribution is -0.113. The first-order valence-electron chi connectivity index (χ1n) is 10.7. The van der Waals surface area contributed by atoms with Crippen molar-refractivity contribution in [2.24, 2.45) is 5.92 Å². The third kappa shape index (κ3) is 5.87. The van der Waals surface area contributed by atoms with Gasteiger partial charge in [0.15, 0.2) is 10.3 Å². The average molecular weight is 476 g/mol. The number of halogens is 1. The summed E-state index contributed by atoms with van der Waals surface area (Å²) in [6, 6.07) is 7.50. The summed E-state index contributed by atoms with van der Waals surface area (Å²) in [6.45, 7) is 2.92. The van der Waals surface area contributed by atoms with Gasteiger partial charge in [-0.1, -0.05) is 67.6 Å². The van der Waals surface area contributed by atoms with Crippen LogP contribution >= 0.6 is 34.7 Å². The second-order valence-corrected chi connectivity index (χ2v) is 9.97. The molecule has 2 aromatic heterocycles. The maximum atomic E-state index is 12.5. The van der Waals surface area contributed by atoms with Crippen molar-refractivity contribution in [3.63, 3.8) is 0 Å². The van der Waals surface area contributed by atoms with Crippen molar-refractivity contribution in [1.82, 2.24) is 19.7 Å². The van der Waals surface area contributed by atoms with Crippen LogP contribution in [0.2, 0.25) is 5.02 Å². The van der Waals surface area contributed by atoms with Crippen LogP contribution in [0, 0.1) is 5.92 Å². The van der Waals surface area contributed by atoms with Gasteiger partial charge in [0.1, 0.15) is 5.82 Å². The van der Waals surface area contributed by atoms with Crippen LogP contribution in [-0.4, -0.2) is 31.4 Å². The maximum absolute atomic E-state index is 12.5. The zero-order chi connectivity index (χ0) is 21.6. The second kappa shape index (κ2) is 10.6. The van der Waals surface area contributed by atoms with E-state index in [1.165, 1.54) is 55.2 Å². The van der Waals surface area contributed by atoms with Gasteiger partial charge in [0, 0.05) is 28.9 Å². The molecule has 164 valence electrons. The first-order valence-corrected chi connectivity index (χ1v) is 12.9. The molecule has 9 heteroatoms. The highest BCUT2D eigenvalue weighted by molar-refractivity contribution is 7.99. The molecule has 0 bridgehead atoms. The Morgan fingerprint density at radius 1 is 1.23 bits per heavy atom. The molecule has 1 aromatic carbocycles. The Kier molecular flexibility index (Phi) is 7.63. The summed E-state index contributed by atoms with van der Waals surface area (Å²) in [5.74, 6) is 1.94. The Bertz CT molecular complexity index is 1010. The third-order valence-electron chi connectivity index (χ3n) is 5.53. The molecular weight excluding hydrogens is 450 g/mol. The largest absolute Gasteiger partial charge is 0.306 e. The van der Waals surface area contributed by atoms with Gasteiger partial charge < -0.3 is 9.88 Å². The number of thiazole rings is 1. The predicted molar refractivity (Wildman–Crippen MR) is 128 cm³/mol. The van der Waals surface area contributed by atoms with Gasteiger partial charge in [-0.2, -0.15) is 0 Å². The van der Waals surface area contributed by atoms with E-state index in [1.54, 1.807) is 0 Å². The van der Waals surface area contributed by atoms with Crippen molar-refractivity contribution < 1.29 is 4.79 Å². The fourth-order valence-corrected chi connectivity index (χ4v) is 5.60. The molecule has 1 N–H and O–H groups in total. The van der Waals surface area contributed by atoms with Crippen molar-refractivity contribution in [3.8, 4) is 11.3 Å². The van der Waals surface area contributed by atoms with Crippen LogP contribution in [0.1, 0.15) is 44.9 Å². The number of nitrogens with zero attached hydrogens (tertiary/aromatic N) is 4. The van der Waals surface area contributed by atoms with Crippen molar-refractivity contribution in [3.05, 3.63) is 40.5 Å². The number of carbonyl (C=O) groups excluding carboxylic acids is 1. The molecule has 3 aromatic rings. The van der Waals surface area contributed by atoms with Gasteiger partial charge >= 0.3 is 0 Å². The van der Waals surface area contributed by atoms with Gasteiger partial charge in [0.2, 0.25) is 5.91 Å². The second-order valence-electron chi connectivity index (χ2n) is 7.73. The van der Waals surface area contributed by atoms with Gasteiger partial charge in [0.05, 0.1) is 11.4 Å². The minimum Gasteiger partial charge on any atom is -0.306 e. The predicted octanol–water partition coefficient (Wildman–Crippen LogP) is 5.93. The van der Waals surface area contributed by atoms with Crippen molar-refractivity contribution in [2.45, 2.75) is 57.1 Å². The minimum atomic E-state index is -0.0958. The van der Waals surface area contributed by atoms with Gasteiger partial charge in [-0.15, -0.1) is 21.5 Å². The number of anilines is 1. The summed E-state index contributed by atoms with van der Waals surface area (Å²) in [5.41, 5.74) is 1.79. The minimum absolute atomic E-state index is 0.0958. The fourth-order valence-electron chi connectivity index (χ4n) is 3.91. The highest BCUT2D eigenvalue weighted by atomic mass is 35.5. The van der Waals surface area contributed by atoms with Crippen LogP contribution < -0.4 is 5.32 Å². The standard InChI is InChI=1S/C22H26ClN5OS2/c1-2-28-19(12-15-6-4-3-5-7-15)26-27-22(28)31-14-20(29)25-21-24-18(13-30-21)16-8-10-17(23)11-9-16/h8-11,13,15H,2-7,12,14H2,1H3,(H,24,25,29). The van der Waals surface area contributed by atoms with Crippen molar-refractivity contribution >= 4 is 45.7 Å². The number of nitrogens with one attached hydrogen (secondary N) is 1. The molecule has 1 aliphatic rings. The lowest BCUT2D eigenvalue weighted by Crippen LogP contribution is -2.15. The highest BCUT2D eigenvalue weighted by Gasteiger charge is 2.19. The monoisotopic (exact) mass is 475 g/mol. The van der Waals surface area contributed by atoms with E-state index in [4.69, 9.17) is 11.6 Å². The van der Waals surface area contributed by atoms with Crippen LogP contribution in [0.4, 0.5) is 5.13 Å². The lowest BCUT2D eigenvalue weighted by Gasteiger charge is -2.21. The molecule has 31 heavy (non-hydrogen) atoms. The van der Waals surface area contributed by atoms with E-state index in [0.717, 1.165) is 35.2 Å². The highest BCUT2D eigenvalue weighted by Crippen LogP contribution is 2.28. The third-order valence-corrected chi connectivity index (χ3v) is 7.51. The summed E-state index contributed by atoms with van der Waals surface area (Å²) >= 11 is 8.78. The van der Waals surface area contributed by atoms with Crippen LogP contribution in [-0.2, 0) is 17.8 Å². The molecule has 0 radical (unpaired) electrons. The topological polar surface area (TPSA) is 72.7 Å². The SMILES string of the molecule is CCn1c(CC2CCCCC2)nnc1SCC(=O)Nc1nc(-c2ccc(Cl)cc2)cs1. The van der Waals surface area contributed by atoms with E-state index < -0.39 is 0 Å². The van der Waals surface area contributed by atoms with Crippen LogP contribution in [0.5, 0.6) is 0 Å². The zero-order valence-electron chi connectivity index (χ0n) is 17.5. The smallest absolute Gasteiger partial charge is 0.236 e. The summed E-state index contributed by atoms with van der Waals surface area (Å²) in [4.78, 5) is 17.0. The van der Waals surface area contributed by atoms with Gasteiger partial charge in [-0.3, -0.25) is 4.79 Å². The van der Waals surface area contributed by atoms with Crippen molar-refractivity contribution in [1.29, 1.82) is 0 Å². The van der Waals surface area contributed by atoms with Gasteiger partial charge in [0.25, 0.3) is 0 Å². The van der Waals surface area contributed by atoms with Gasteiger partial charge in [-0.05, 0) is 25.0 Å². The molecule has 1 amide bonds. The molecule has 4 rings (SSSR count). The van der Waals surface area contributed by atoms with E-state index in [-0.39, 0.29) is 11.7 Å². The normalized spacial score (nSPS) is 14.6. The fraction of sp³-hybridized carbons (Fsp3) is 0.455. The summed E-state index contributed by atoms with van der Waals surface area (Å²) in [7, 11) is 0. The van der Waals surface area contributed by atoms with Crippen LogP contribution in [0.15, 0.2) is 34.8 Å². The summed E-state index contributed by atoms with van der Waals surface area (Å²) in [6.07, 6.45) is 7.56. The van der Waals surface area contributed by atoms with Crippen molar-refractivity contribution in [2.75, 3.05) is 11.1 Å². The number of amides is 1. The van der Waals surface area contributed by atoms with E-state index in [9.17, 15) is 4.79 Å². The first kappa shape index (κ1) is 22.3. The quantitative estimate of drug-likeness (QED) is 0.409. The molecule has 0 spiro atoms. The number of rotatable bonds is 8. The Labute approximate surface area is 195 Å². The number of aromatic nitrogens is 4. The zero-order valence-corrected chi connectivity index (χ0v) is 19.9. The molecule has 1 saturated carbocycles. The first-order chi connectivity index (χ1) is 15.1. The number of carbonyl (C=O) groups is 1. The maximum Gasteiger partial charge on any atom is 0.236 e. The molecule has 0 unspecified atom stereocenters. The molecule has 0 atom stereocenters. The Morgan fingerprint density at radius 2 is 2.00 bits per heavy atom. The summed E-state index contributed by atoms with van der Waals surface area (Å²) < 4.78 is 2.15. The van der Waals surface area contributed by atoms with Crippen LogP contribution in [0.3, 0.4) is 0 Å². The number of hydrogen-bond acceptors (Lipinski definition) is 6. The molecule has 6 nitrogen and oxygen atoms in total. The molecule has 1 aliphatic carbocycles. The number of benzene rings is 1. The Hall–Kier alpha value is -1.90. The number of thioether (sulfide) groups is 1. The molecular formula is C22H26ClN5OS2. The Morgan fingerprint density at radius 3 is 2.74 bits per heavy atom. The molecule has 0 saturated heterocycles. The molecule has 1 fully saturated rings. The van der Waals surface area contributed by atoms with E-state index in [2.05, 4.69) is 32.0 Å². The average Bonchev–Trinajstić information content (AvgIpc) is 3.40. The number of hydrogen-bond donors (Lipinski definition) is 1. The van der Waals surface area contributed by atoms with Crippen LogP contribution in [0.25, 0.3) is 11.3 Å². The molecule has 0 aliphatic heterocycles. The lowest BCUT2D eigenvalue weighted by atomic mass is 9.87. The van der Waals surface area contributed by atoms with Gasteiger partial charge in [-0.25, -0.2) is 4.98 Å². The summed E-state index contributed by atoms with van der Waals surface area (Å²) in [5, 5.41) is 15.7. The Balaban J connectivity index is 1.32.